The van der Waals surface area contributed by atoms with Gasteiger partial charge < -0.3 is 9.88 Å². The molecule has 3 atom stereocenters. The summed E-state index contributed by atoms with van der Waals surface area (Å²) >= 11 is 0. The van der Waals surface area contributed by atoms with Crippen molar-refractivity contribution in [3.8, 4) is 0 Å². The highest BCUT2D eigenvalue weighted by molar-refractivity contribution is 5.04. The fourth-order valence-electron chi connectivity index (χ4n) is 3.91. The topological polar surface area (TPSA) is 42.7 Å². The number of aromatic nitrogens is 3. The Balaban J connectivity index is 1.62. The van der Waals surface area contributed by atoms with E-state index < -0.39 is 0 Å². The van der Waals surface area contributed by atoms with Gasteiger partial charge >= 0.3 is 0 Å². The SMILES string of the molecule is CC(NC1CCCC(C(C)C)C1)c1nnc2n1CCC2. The summed E-state index contributed by atoms with van der Waals surface area (Å²) in [4.78, 5) is 0. The van der Waals surface area contributed by atoms with Crippen LogP contribution in [-0.2, 0) is 13.0 Å². The quantitative estimate of drug-likeness (QED) is 0.919. The van der Waals surface area contributed by atoms with Gasteiger partial charge in [-0.05, 0) is 38.0 Å². The Labute approximate surface area is 122 Å². The fourth-order valence-corrected chi connectivity index (χ4v) is 3.91. The minimum absolute atomic E-state index is 0.324. The lowest BCUT2D eigenvalue weighted by atomic mass is 9.79. The molecule has 4 nitrogen and oxygen atoms in total. The molecular weight excluding hydrogens is 248 g/mol. The summed E-state index contributed by atoms with van der Waals surface area (Å²) in [7, 11) is 0. The smallest absolute Gasteiger partial charge is 0.149 e. The summed E-state index contributed by atoms with van der Waals surface area (Å²) in [5.41, 5.74) is 0. The van der Waals surface area contributed by atoms with Gasteiger partial charge in [-0.15, -0.1) is 10.2 Å². The van der Waals surface area contributed by atoms with Crippen molar-refractivity contribution in [1.29, 1.82) is 0 Å². The highest BCUT2D eigenvalue weighted by Gasteiger charge is 2.27. The Morgan fingerprint density at radius 1 is 1.15 bits per heavy atom. The number of hydrogen-bond acceptors (Lipinski definition) is 3. The van der Waals surface area contributed by atoms with Crippen LogP contribution in [-0.4, -0.2) is 20.8 Å². The maximum absolute atomic E-state index is 4.41. The first-order valence-electron chi connectivity index (χ1n) is 8.33. The van der Waals surface area contributed by atoms with Crippen LogP contribution >= 0.6 is 0 Å². The minimum atomic E-state index is 0.324. The van der Waals surface area contributed by atoms with Gasteiger partial charge in [0.1, 0.15) is 11.6 Å². The van der Waals surface area contributed by atoms with Crippen LogP contribution in [0.15, 0.2) is 0 Å². The zero-order chi connectivity index (χ0) is 14.1. The second kappa shape index (κ2) is 5.84. The van der Waals surface area contributed by atoms with Gasteiger partial charge in [-0.1, -0.05) is 26.7 Å². The van der Waals surface area contributed by atoms with Gasteiger partial charge in [0.05, 0.1) is 6.04 Å². The molecule has 112 valence electrons. The van der Waals surface area contributed by atoms with E-state index in [4.69, 9.17) is 0 Å². The van der Waals surface area contributed by atoms with Crippen molar-refractivity contribution in [2.24, 2.45) is 11.8 Å². The molecule has 1 N–H and O–H groups in total. The predicted octanol–water partition coefficient (Wildman–Crippen LogP) is 3.09. The molecular formula is C16H28N4. The zero-order valence-electron chi connectivity index (χ0n) is 13.1. The van der Waals surface area contributed by atoms with Crippen LogP contribution in [0.5, 0.6) is 0 Å². The van der Waals surface area contributed by atoms with Crippen LogP contribution in [0.2, 0.25) is 0 Å². The monoisotopic (exact) mass is 276 g/mol. The van der Waals surface area contributed by atoms with E-state index in [-0.39, 0.29) is 0 Å². The first-order valence-corrected chi connectivity index (χ1v) is 8.33. The van der Waals surface area contributed by atoms with Crippen molar-refractivity contribution in [1.82, 2.24) is 20.1 Å². The molecule has 0 radical (unpaired) electrons. The number of fused-ring (bicyclic) bond motifs is 1. The number of nitrogens with one attached hydrogen (secondary N) is 1. The molecule has 1 fully saturated rings. The summed E-state index contributed by atoms with van der Waals surface area (Å²) in [6.45, 7) is 8.07. The maximum Gasteiger partial charge on any atom is 0.149 e. The Hall–Kier alpha value is -0.900. The third kappa shape index (κ3) is 2.76. The molecule has 0 spiro atoms. The second-order valence-corrected chi connectivity index (χ2v) is 6.99. The van der Waals surface area contributed by atoms with E-state index in [2.05, 4.69) is 40.9 Å². The average Bonchev–Trinajstić information content (AvgIpc) is 3.00. The molecule has 1 aromatic heterocycles. The molecule has 3 rings (SSSR count). The minimum Gasteiger partial charge on any atom is -0.314 e. The van der Waals surface area contributed by atoms with E-state index in [1.165, 1.54) is 37.9 Å². The lowest BCUT2D eigenvalue weighted by Gasteiger charge is -2.33. The van der Waals surface area contributed by atoms with Crippen molar-refractivity contribution >= 4 is 0 Å². The van der Waals surface area contributed by atoms with Crippen LogP contribution in [0, 0.1) is 11.8 Å². The van der Waals surface area contributed by atoms with Gasteiger partial charge in [-0.3, -0.25) is 0 Å². The summed E-state index contributed by atoms with van der Waals surface area (Å²) in [6, 6.07) is 0.978. The van der Waals surface area contributed by atoms with Crippen LogP contribution in [0.25, 0.3) is 0 Å². The third-order valence-electron chi connectivity index (χ3n) is 5.17. The second-order valence-electron chi connectivity index (χ2n) is 6.99. The van der Waals surface area contributed by atoms with E-state index in [1.54, 1.807) is 0 Å². The average molecular weight is 276 g/mol. The first kappa shape index (κ1) is 14.1. The van der Waals surface area contributed by atoms with Gasteiger partial charge in [0.25, 0.3) is 0 Å². The number of hydrogen-bond donors (Lipinski definition) is 1. The van der Waals surface area contributed by atoms with Crippen molar-refractivity contribution < 1.29 is 0 Å². The van der Waals surface area contributed by atoms with Crippen molar-refractivity contribution in [2.45, 2.75) is 77.9 Å². The summed E-state index contributed by atoms with van der Waals surface area (Å²) in [6.07, 6.45) is 7.73. The third-order valence-corrected chi connectivity index (χ3v) is 5.17. The van der Waals surface area contributed by atoms with E-state index in [9.17, 15) is 0 Å². The highest BCUT2D eigenvalue weighted by Crippen LogP contribution is 2.31. The standard InChI is InChI=1S/C16H28N4/c1-11(2)13-6-4-7-14(10-13)17-12(3)16-19-18-15-8-5-9-20(15)16/h11-14,17H,4-10H2,1-3H3. The van der Waals surface area contributed by atoms with Crippen molar-refractivity contribution in [2.75, 3.05) is 0 Å². The summed E-state index contributed by atoms with van der Waals surface area (Å²) < 4.78 is 2.32. The number of aryl methyl sites for hydroxylation is 1. The van der Waals surface area contributed by atoms with Crippen LogP contribution in [0.1, 0.15) is 70.6 Å². The van der Waals surface area contributed by atoms with E-state index in [0.717, 1.165) is 30.6 Å². The Morgan fingerprint density at radius 2 is 2.00 bits per heavy atom. The molecule has 1 aliphatic heterocycles. The summed E-state index contributed by atoms with van der Waals surface area (Å²) in [5, 5.41) is 12.5. The Morgan fingerprint density at radius 3 is 2.80 bits per heavy atom. The highest BCUT2D eigenvalue weighted by atomic mass is 15.3. The first-order chi connectivity index (χ1) is 9.65. The molecule has 0 bridgehead atoms. The molecule has 0 amide bonds. The van der Waals surface area contributed by atoms with E-state index in [0.29, 0.717) is 12.1 Å². The van der Waals surface area contributed by atoms with Gasteiger partial charge in [0.15, 0.2) is 0 Å². The largest absolute Gasteiger partial charge is 0.314 e. The maximum atomic E-state index is 4.41. The molecule has 4 heteroatoms. The molecule has 0 aromatic carbocycles. The number of nitrogens with zero attached hydrogens (tertiary/aromatic N) is 3. The van der Waals surface area contributed by atoms with Crippen LogP contribution in [0.4, 0.5) is 0 Å². The molecule has 20 heavy (non-hydrogen) atoms. The molecule has 1 aliphatic carbocycles. The number of rotatable bonds is 4. The van der Waals surface area contributed by atoms with Gasteiger partial charge in [0.2, 0.25) is 0 Å². The Bertz CT molecular complexity index is 451. The van der Waals surface area contributed by atoms with Gasteiger partial charge in [0, 0.05) is 19.0 Å². The van der Waals surface area contributed by atoms with Crippen molar-refractivity contribution in [3.05, 3.63) is 11.6 Å². The predicted molar refractivity (Wildman–Crippen MR) is 80.5 cm³/mol. The van der Waals surface area contributed by atoms with Crippen molar-refractivity contribution in [3.63, 3.8) is 0 Å². The fraction of sp³-hybridized carbons (Fsp3) is 0.875. The molecule has 2 aliphatic rings. The zero-order valence-corrected chi connectivity index (χ0v) is 13.1. The molecule has 3 unspecified atom stereocenters. The summed E-state index contributed by atoms with van der Waals surface area (Å²) in [5.74, 6) is 4.02. The molecule has 2 heterocycles. The lowest BCUT2D eigenvalue weighted by Crippen LogP contribution is -2.37. The van der Waals surface area contributed by atoms with E-state index >= 15 is 0 Å². The lowest BCUT2D eigenvalue weighted by molar-refractivity contribution is 0.220. The molecule has 1 saturated carbocycles. The molecule has 1 aromatic rings. The van der Waals surface area contributed by atoms with Gasteiger partial charge in [-0.25, -0.2) is 0 Å². The van der Waals surface area contributed by atoms with Crippen LogP contribution < -0.4 is 5.32 Å². The normalized spacial score (nSPS) is 27.8. The van der Waals surface area contributed by atoms with E-state index in [1.807, 2.05) is 0 Å². The van der Waals surface area contributed by atoms with Crippen LogP contribution in [0.3, 0.4) is 0 Å². The molecule has 0 saturated heterocycles. The van der Waals surface area contributed by atoms with Gasteiger partial charge in [-0.2, -0.15) is 0 Å². The Kier molecular flexibility index (Phi) is 4.11.